The molecule has 2 N–H and O–H groups in total. The zero-order chi connectivity index (χ0) is 14.8. The summed E-state index contributed by atoms with van der Waals surface area (Å²) in [6, 6.07) is 4.72. The number of carbonyl (C=O) groups is 1. The van der Waals surface area contributed by atoms with Crippen molar-refractivity contribution in [2.45, 2.75) is 31.7 Å². The number of rotatable bonds is 4. The fraction of sp³-hybridized carbons (Fsp3) is 0.462. The molecule has 0 radical (unpaired) electrons. The van der Waals surface area contributed by atoms with Crippen molar-refractivity contribution >= 4 is 21.4 Å². The summed E-state index contributed by atoms with van der Waals surface area (Å²) in [5.74, 6) is -0.995. The fourth-order valence-corrected chi connectivity index (χ4v) is 3.02. The van der Waals surface area contributed by atoms with E-state index in [2.05, 4.69) is 0 Å². The number of amides is 1. The molecule has 0 aliphatic rings. The van der Waals surface area contributed by atoms with Crippen molar-refractivity contribution < 1.29 is 13.2 Å². The van der Waals surface area contributed by atoms with Crippen LogP contribution in [0.3, 0.4) is 0 Å². The van der Waals surface area contributed by atoms with Gasteiger partial charge in [-0.25, -0.2) is 8.42 Å². The number of hydrogen-bond acceptors (Lipinski definition) is 4. The second kappa shape index (κ2) is 5.61. The Morgan fingerprint density at radius 3 is 2.47 bits per heavy atom. The molecule has 5 nitrogen and oxygen atoms in total. The summed E-state index contributed by atoms with van der Waals surface area (Å²) >= 11 is 0. The molecule has 0 aromatic heterocycles. The number of anilines is 1. The standard InChI is InChI=1S/C13H20N2O3S/c1-9(2)15(4)13(16)8-19(17,18)12-7-10(3)5-6-11(12)14/h5-7,9H,8,14H2,1-4H3. The SMILES string of the molecule is Cc1ccc(N)c(S(=O)(=O)CC(=O)N(C)C(C)C)c1. The second-order valence-electron chi connectivity index (χ2n) is 4.90. The van der Waals surface area contributed by atoms with Gasteiger partial charge in [0.05, 0.1) is 10.6 Å². The van der Waals surface area contributed by atoms with Crippen molar-refractivity contribution in [2.75, 3.05) is 18.5 Å². The van der Waals surface area contributed by atoms with E-state index < -0.39 is 21.5 Å². The molecule has 0 heterocycles. The molecule has 0 spiro atoms. The molecule has 0 bridgehead atoms. The molecule has 0 saturated heterocycles. The molecule has 1 aromatic carbocycles. The summed E-state index contributed by atoms with van der Waals surface area (Å²) in [6.45, 7) is 5.43. The molecule has 0 unspecified atom stereocenters. The molecule has 0 aliphatic carbocycles. The van der Waals surface area contributed by atoms with Gasteiger partial charge in [-0.1, -0.05) is 6.07 Å². The van der Waals surface area contributed by atoms with Crippen LogP contribution in [0.2, 0.25) is 0 Å². The first kappa shape index (κ1) is 15.5. The molecule has 0 fully saturated rings. The van der Waals surface area contributed by atoms with Gasteiger partial charge in [0.15, 0.2) is 9.84 Å². The topological polar surface area (TPSA) is 80.5 Å². The van der Waals surface area contributed by atoms with Gasteiger partial charge in [-0.05, 0) is 38.5 Å². The molecule has 6 heteroatoms. The predicted octanol–water partition coefficient (Wildman–Crippen LogP) is 1.22. The summed E-state index contributed by atoms with van der Waals surface area (Å²) in [5, 5.41) is 0. The molecule has 0 saturated carbocycles. The number of nitrogens with two attached hydrogens (primary N) is 1. The lowest BCUT2D eigenvalue weighted by Crippen LogP contribution is -2.37. The summed E-state index contributed by atoms with van der Waals surface area (Å²) in [7, 11) is -2.12. The van der Waals surface area contributed by atoms with Crippen molar-refractivity contribution in [3.8, 4) is 0 Å². The Morgan fingerprint density at radius 2 is 1.95 bits per heavy atom. The van der Waals surface area contributed by atoms with Crippen LogP contribution < -0.4 is 5.73 Å². The van der Waals surface area contributed by atoms with Gasteiger partial charge in [0.2, 0.25) is 5.91 Å². The number of benzene rings is 1. The van der Waals surface area contributed by atoms with E-state index in [0.29, 0.717) is 0 Å². The lowest BCUT2D eigenvalue weighted by Gasteiger charge is -2.21. The maximum atomic E-state index is 12.2. The van der Waals surface area contributed by atoms with Crippen LogP contribution in [0.5, 0.6) is 0 Å². The first-order valence-electron chi connectivity index (χ1n) is 5.99. The number of hydrogen-bond donors (Lipinski definition) is 1. The van der Waals surface area contributed by atoms with E-state index in [4.69, 9.17) is 5.73 Å². The summed E-state index contributed by atoms with van der Waals surface area (Å²) in [4.78, 5) is 13.3. The number of nitrogens with zero attached hydrogens (tertiary/aromatic N) is 1. The fourth-order valence-electron chi connectivity index (χ4n) is 1.54. The average molecular weight is 284 g/mol. The molecule has 1 rings (SSSR count). The summed E-state index contributed by atoms with van der Waals surface area (Å²) in [6.07, 6.45) is 0. The largest absolute Gasteiger partial charge is 0.398 e. The van der Waals surface area contributed by atoms with Crippen LogP contribution in [0.25, 0.3) is 0 Å². The highest BCUT2D eigenvalue weighted by atomic mass is 32.2. The van der Waals surface area contributed by atoms with Crippen molar-refractivity contribution in [3.05, 3.63) is 23.8 Å². The highest BCUT2D eigenvalue weighted by molar-refractivity contribution is 7.92. The van der Waals surface area contributed by atoms with E-state index in [-0.39, 0.29) is 16.6 Å². The van der Waals surface area contributed by atoms with E-state index in [1.165, 1.54) is 11.0 Å². The highest BCUT2D eigenvalue weighted by Gasteiger charge is 2.24. The smallest absolute Gasteiger partial charge is 0.238 e. The number of nitrogen functional groups attached to an aromatic ring is 1. The third-order valence-corrected chi connectivity index (χ3v) is 4.64. The van der Waals surface area contributed by atoms with Gasteiger partial charge in [-0.3, -0.25) is 4.79 Å². The Balaban J connectivity index is 3.06. The van der Waals surface area contributed by atoms with E-state index in [0.717, 1.165) is 5.56 Å². The number of carbonyl (C=O) groups excluding carboxylic acids is 1. The van der Waals surface area contributed by atoms with Crippen molar-refractivity contribution in [1.29, 1.82) is 0 Å². The summed E-state index contributed by atoms with van der Waals surface area (Å²) in [5.41, 5.74) is 6.64. The van der Waals surface area contributed by atoms with E-state index in [9.17, 15) is 13.2 Å². The molecule has 1 aromatic rings. The highest BCUT2D eigenvalue weighted by Crippen LogP contribution is 2.21. The maximum absolute atomic E-state index is 12.2. The third kappa shape index (κ3) is 3.70. The number of aryl methyl sites for hydroxylation is 1. The van der Waals surface area contributed by atoms with Gasteiger partial charge >= 0.3 is 0 Å². The monoisotopic (exact) mass is 284 g/mol. The van der Waals surface area contributed by atoms with Gasteiger partial charge < -0.3 is 10.6 Å². The molecule has 0 aliphatic heterocycles. The van der Waals surface area contributed by atoms with Crippen molar-refractivity contribution in [1.82, 2.24) is 4.90 Å². The Labute approximate surface area is 114 Å². The molecule has 19 heavy (non-hydrogen) atoms. The lowest BCUT2D eigenvalue weighted by atomic mass is 10.2. The Hall–Kier alpha value is -1.56. The van der Waals surface area contributed by atoms with Crippen molar-refractivity contribution in [2.24, 2.45) is 0 Å². The van der Waals surface area contributed by atoms with E-state index >= 15 is 0 Å². The van der Waals surface area contributed by atoms with Crippen LogP contribution >= 0.6 is 0 Å². The third-order valence-electron chi connectivity index (χ3n) is 2.99. The van der Waals surface area contributed by atoms with Crippen LogP contribution in [-0.2, 0) is 14.6 Å². The van der Waals surface area contributed by atoms with Gasteiger partial charge in [-0.15, -0.1) is 0 Å². The first-order valence-corrected chi connectivity index (χ1v) is 7.65. The number of sulfone groups is 1. The Kier molecular flexibility index (Phi) is 4.57. The first-order chi connectivity index (χ1) is 8.65. The molecular weight excluding hydrogens is 264 g/mol. The summed E-state index contributed by atoms with van der Waals surface area (Å²) < 4.78 is 24.4. The van der Waals surface area contributed by atoms with E-state index in [1.807, 2.05) is 13.8 Å². The van der Waals surface area contributed by atoms with Crippen LogP contribution in [0, 0.1) is 6.92 Å². The van der Waals surface area contributed by atoms with Crippen molar-refractivity contribution in [3.63, 3.8) is 0 Å². The molecule has 1 amide bonds. The Morgan fingerprint density at radius 1 is 1.37 bits per heavy atom. The minimum absolute atomic E-state index is 0.0259. The minimum atomic E-state index is -3.71. The zero-order valence-electron chi connectivity index (χ0n) is 11.7. The van der Waals surface area contributed by atoms with E-state index in [1.54, 1.807) is 26.1 Å². The van der Waals surface area contributed by atoms with Crippen LogP contribution in [0.4, 0.5) is 5.69 Å². The molecule has 0 atom stereocenters. The van der Waals surface area contributed by atoms with Gasteiger partial charge in [0.25, 0.3) is 0 Å². The Bertz CT molecular complexity index is 580. The maximum Gasteiger partial charge on any atom is 0.238 e. The van der Waals surface area contributed by atoms with Gasteiger partial charge in [0, 0.05) is 13.1 Å². The van der Waals surface area contributed by atoms with Crippen LogP contribution in [0.1, 0.15) is 19.4 Å². The van der Waals surface area contributed by atoms with Crippen LogP contribution in [-0.4, -0.2) is 38.1 Å². The quantitative estimate of drug-likeness (QED) is 0.843. The van der Waals surface area contributed by atoms with Gasteiger partial charge in [-0.2, -0.15) is 0 Å². The predicted molar refractivity (Wildman–Crippen MR) is 75.6 cm³/mol. The lowest BCUT2D eigenvalue weighted by molar-refractivity contribution is -0.128. The average Bonchev–Trinajstić information content (AvgIpc) is 2.30. The molecule has 106 valence electrons. The molecular formula is C13H20N2O3S. The zero-order valence-corrected chi connectivity index (χ0v) is 12.5. The van der Waals surface area contributed by atoms with Gasteiger partial charge in [0.1, 0.15) is 5.75 Å². The normalized spacial score (nSPS) is 11.6. The van der Waals surface area contributed by atoms with Crippen LogP contribution in [0.15, 0.2) is 23.1 Å². The second-order valence-corrected chi connectivity index (χ2v) is 6.86. The minimum Gasteiger partial charge on any atom is -0.398 e.